The summed E-state index contributed by atoms with van der Waals surface area (Å²) in [6, 6.07) is 0. The van der Waals surface area contributed by atoms with Crippen LogP contribution in [-0.2, 0) is 7.05 Å². The molecule has 14 heavy (non-hydrogen) atoms. The fourth-order valence-corrected chi connectivity index (χ4v) is 0.977. The van der Waals surface area contributed by atoms with Crippen molar-refractivity contribution in [1.29, 1.82) is 0 Å². The first-order valence-electron chi connectivity index (χ1n) is 3.75. The third kappa shape index (κ3) is 2.29. The summed E-state index contributed by atoms with van der Waals surface area (Å²) in [4.78, 5) is 3.84. The van der Waals surface area contributed by atoms with Crippen LogP contribution in [-0.4, -0.2) is 15.7 Å². The molecule has 2 nitrogen and oxygen atoms in total. The smallest absolute Gasteiger partial charge is 0.332 e. The molecule has 0 bridgehead atoms. The van der Waals surface area contributed by atoms with Gasteiger partial charge in [-0.1, -0.05) is 11.6 Å². The molecule has 0 N–H and O–H groups in total. The summed E-state index contributed by atoms with van der Waals surface area (Å²) in [7, 11) is 1.62. The molecule has 1 aromatic rings. The van der Waals surface area contributed by atoms with Crippen molar-refractivity contribution < 1.29 is 13.2 Å². The van der Waals surface area contributed by atoms with Gasteiger partial charge >= 0.3 is 6.18 Å². The number of hydrogen-bond acceptors (Lipinski definition) is 1. The van der Waals surface area contributed by atoms with Crippen molar-refractivity contribution in [3.05, 3.63) is 22.7 Å². The molecule has 78 valence electrons. The van der Waals surface area contributed by atoms with Crippen LogP contribution in [0, 0.1) is 6.92 Å². The second-order valence-electron chi connectivity index (χ2n) is 2.78. The SMILES string of the molecule is Cc1ncc(/C=C(\Cl)C(F)(F)F)n1C. The molecule has 0 saturated heterocycles. The molecule has 0 fully saturated rings. The van der Waals surface area contributed by atoms with Gasteiger partial charge in [0.15, 0.2) is 0 Å². The molecule has 0 unspecified atom stereocenters. The number of halogens is 4. The summed E-state index contributed by atoms with van der Waals surface area (Å²) in [6.45, 7) is 1.69. The summed E-state index contributed by atoms with van der Waals surface area (Å²) in [5, 5.41) is -1.15. The van der Waals surface area contributed by atoms with Gasteiger partial charge in [0.05, 0.1) is 11.9 Å². The molecule has 0 saturated carbocycles. The molecular weight excluding hydrogens is 217 g/mol. The van der Waals surface area contributed by atoms with Crippen molar-refractivity contribution >= 4 is 17.7 Å². The first kappa shape index (κ1) is 11.1. The van der Waals surface area contributed by atoms with E-state index in [1.165, 1.54) is 10.8 Å². The van der Waals surface area contributed by atoms with Crippen LogP contribution in [0.2, 0.25) is 0 Å². The molecule has 0 atom stereocenters. The van der Waals surface area contributed by atoms with E-state index in [1.54, 1.807) is 14.0 Å². The van der Waals surface area contributed by atoms with Crippen molar-refractivity contribution in [2.45, 2.75) is 13.1 Å². The molecule has 1 aromatic heterocycles. The second kappa shape index (κ2) is 3.65. The normalized spacial score (nSPS) is 13.4. The lowest BCUT2D eigenvalue weighted by Crippen LogP contribution is -2.07. The lowest BCUT2D eigenvalue weighted by atomic mass is 10.4. The molecule has 0 amide bonds. The Morgan fingerprint density at radius 2 is 2.14 bits per heavy atom. The van der Waals surface area contributed by atoms with Gasteiger partial charge in [-0.2, -0.15) is 13.2 Å². The van der Waals surface area contributed by atoms with Gasteiger partial charge in [0.2, 0.25) is 0 Å². The minimum absolute atomic E-state index is 0.324. The minimum Gasteiger partial charge on any atom is -0.332 e. The van der Waals surface area contributed by atoms with Crippen LogP contribution in [0.4, 0.5) is 13.2 Å². The molecule has 0 aliphatic rings. The number of imidazole rings is 1. The Balaban J connectivity index is 3.04. The Bertz CT molecular complexity index is 365. The summed E-state index contributed by atoms with van der Waals surface area (Å²) < 4.78 is 37.7. The lowest BCUT2D eigenvalue weighted by molar-refractivity contribution is -0.0836. The molecule has 1 heterocycles. The van der Waals surface area contributed by atoms with Crippen molar-refractivity contribution in [2.24, 2.45) is 7.05 Å². The highest BCUT2D eigenvalue weighted by molar-refractivity contribution is 6.32. The highest BCUT2D eigenvalue weighted by Crippen LogP contribution is 2.30. The van der Waals surface area contributed by atoms with Gasteiger partial charge in [-0.05, 0) is 13.0 Å². The first-order valence-corrected chi connectivity index (χ1v) is 4.13. The molecule has 6 heteroatoms. The molecule has 0 aromatic carbocycles. The molecule has 0 aliphatic heterocycles. The second-order valence-corrected chi connectivity index (χ2v) is 3.19. The quantitative estimate of drug-likeness (QED) is 0.717. The molecule has 1 rings (SSSR count). The van der Waals surface area contributed by atoms with Crippen molar-refractivity contribution in [3.8, 4) is 0 Å². The predicted molar refractivity (Wildman–Crippen MR) is 47.8 cm³/mol. The largest absolute Gasteiger partial charge is 0.427 e. The van der Waals surface area contributed by atoms with Gasteiger partial charge in [0.1, 0.15) is 10.9 Å². The van der Waals surface area contributed by atoms with Gasteiger partial charge in [-0.15, -0.1) is 0 Å². The van der Waals surface area contributed by atoms with Crippen molar-refractivity contribution in [3.63, 3.8) is 0 Å². The minimum atomic E-state index is -4.50. The maximum Gasteiger partial charge on any atom is 0.427 e. The average molecular weight is 225 g/mol. The van der Waals surface area contributed by atoms with Crippen LogP contribution in [0.1, 0.15) is 11.5 Å². The van der Waals surface area contributed by atoms with Gasteiger partial charge in [-0.3, -0.25) is 0 Å². The zero-order valence-corrected chi connectivity index (χ0v) is 8.32. The van der Waals surface area contributed by atoms with E-state index in [0.29, 0.717) is 11.5 Å². The third-order valence-electron chi connectivity index (χ3n) is 1.80. The van der Waals surface area contributed by atoms with Gasteiger partial charge < -0.3 is 4.57 Å². The molecular formula is C8H8ClF3N2. The number of hydrogen-bond donors (Lipinski definition) is 0. The van der Waals surface area contributed by atoms with E-state index in [9.17, 15) is 13.2 Å². The van der Waals surface area contributed by atoms with Gasteiger partial charge in [-0.25, -0.2) is 4.98 Å². The van der Waals surface area contributed by atoms with E-state index >= 15 is 0 Å². The molecule has 0 spiro atoms. The first-order chi connectivity index (χ1) is 6.32. The monoisotopic (exact) mass is 224 g/mol. The van der Waals surface area contributed by atoms with E-state index < -0.39 is 11.2 Å². The third-order valence-corrected chi connectivity index (χ3v) is 2.13. The summed E-state index contributed by atoms with van der Waals surface area (Å²) in [5.41, 5.74) is 0.324. The number of alkyl halides is 3. The Hall–Kier alpha value is -0.970. The Morgan fingerprint density at radius 3 is 2.50 bits per heavy atom. The summed E-state index contributed by atoms with van der Waals surface area (Å²) in [5.74, 6) is 0.628. The van der Waals surface area contributed by atoms with Crippen LogP contribution >= 0.6 is 11.6 Å². The zero-order chi connectivity index (χ0) is 10.9. The van der Waals surface area contributed by atoms with Crippen LogP contribution in [0.3, 0.4) is 0 Å². The highest BCUT2D eigenvalue weighted by Gasteiger charge is 2.32. The van der Waals surface area contributed by atoms with E-state index in [4.69, 9.17) is 11.6 Å². The lowest BCUT2D eigenvalue weighted by Gasteiger charge is -2.04. The number of aryl methyl sites for hydroxylation is 1. The van der Waals surface area contributed by atoms with Crippen LogP contribution in [0.15, 0.2) is 11.2 Å². The maximum absolute atomic E-state index is 12.0. The molecule has 0 aliphatic carbocycles. The number of rotatable bonds is 1. The zero-order valence-electron chi connectivity index (χ0n) is 7.56. The van der Waals surface area contributed by atoms with E-state index in [-0.39, 0.29) is 0 Å². The van der Waals surface area contributed by atoms with Crippen LogP contribution < -0.4 is 0 Å². The van der Waals surface area contributed by atoms with Gasteiger partial charge in [0, 0.05) is 7.05 Å². The summed E-state index contributed by atoms with van der Waals surface area (Å²) >= 11 is 5.07. The Labute approximate surface area is 84.0 Å². The van der Waals surface area contributed by atoms with E-state index in [1.807, 2.05) is 0 Å². The topological polar surface area (TPSA) is 17.8 Å². The maximum atomic E-state index is 12.0. The number of aromatic nitrogens is 2. The Morgan fingerprint density at radius 1 is 1.57 bits per heavy atom. The van der Waals surface area contributed by atoms with Crippen LogP contribution in [0.5, 0.6) is 0 Å². The predicted octanol–water partition coefficient (Wildman–Crippen LogP) is 2.87. The standard InChI is InChI=1S/C8H8ClF3N2/c1-5-13-4-6(14(5)2)3-7(9)8(10,11)12/h3-4H,1-2H3/b7-3-. The Kier molecular flexibility index (Phi) is 2.89. The van der Waals surface area contributed by atoms with Crippen LogP contribution in [0.25, 0.3) is 6.08 Å². The van der Waals surface area contributed by atoms with E-state index in [2.05, 4.69) is 4.98 Å². The van der Waals surface area contributed by atoms with Crippen molar-refractivity contribution in [2.75, 3.05) is 0 Å². The van der Waals surface area contributed by atoms with Gasteiger partial charge in [0.25, 0.3) is 0 Å². The van der Waals surface area contributed by atoms with E-state index in [0.717, 1.165) is 6.08 Å². The summed E-state index contributed by atoms with van der Waals surface area (Å²) in [6.07, 6.45) is -2.31. The highest BCUT2D eigenvalue weighted by atomic mass is 35.5. The fraction of sp³-hybridized carbons (Fsp3) is 0.375. The number of nitrogens with zero attached hydrogens (tertiary/aromatic N) is 2. The fourth-order valence-electron chi connectivity index (χ4n) is 0.865. The molecule has 0 radical (unpaired) electrons. The van der Waals surface area contributed by atoms with Crippen molar-refractivity contribution in [1.82, 2.24) is 9.55 Å². The number of allylic oxidation sites excluding steroid dienone is 1. The average Bonchev–Trinajstić information content (AvgIpc) is 2.34.